The fraction of sp³-hybridized carbons (Fsp3) is 0.409. The van der Waals surface area contributed by atoms with Gasteiger partial charge in [0.15, 0.2) is 18.1 Å². The molecule has 1 aromatic heterocycles. The number of carbonyl (C=O) groups is 2. The second-order valence-electron chi connectivity index (χ2n) is 7.35. The SMILES string of the molecule is CNC(=O)COc1ccc(C(=O)Nc2ccc(N3CC(C)OC(C)C3)nc2)cc1OC. The molecule has 2 unspecified atom stereocenters. The molecule has 166 valence electrons. The second kappa shape index (κ2) is 10.1. The van der Waals surface area contributed by atoms with E-state index in [1.807, 2.05) is 26.0 Å². The number of morpholine rings is 1. The average Bonchev–Trinajstić information content (AvgIpc) is 2.77. The summed E-state index contributed by atoms with van der Waals surface area (Å²) in [5, 5.41) is 5.31. The van der Waals surface area contributed by atoms with Gasteiger partial charge in [-0.05, 0) is 44.2 Å². The largest absolute Gasteiger partial charge is 0.493 e. The van der Waals surface area contributed by atoms with Gasteiger partial charge in [-0.3, -0.25) is 9.59 Å². The Bertz CT molecular complexity index is 909. The molecule has 1 aliphatic heterocycles. The lowest BCUT2D eigenvalue weighted by molar-refractivity contribution is -0.122. The Hall–Kier alpha value is -3.33. The van der Waals surface area contributed by atoms with E-state index in [1.165, 1.54) is 14.2 Å². The monoisotopic (exact) mass is 428 g/mol. The third-order valence-electron chi connectivity index (χ3n) is 4.81. The van der Waals surface area contributed by atoms with E-state index in [1.54, 1.807) is 24.4 Å². The van der Waals surface area contributed by atoms with Crippen LogP contribution in [0.15, 0.2) is 36.5 Å². The van der Waals surface area contributed by atoms with Crippen LogP contribution < -0.4 is 25.0 Å². The molecular formula is C22H28N4O5. The van der Waals surface area contributed by atoms with Crippen molar-refractivity contribution >= 4 is 23.3 Å². The van der Waals surface area contributed by atoms with Gasteiger partial charge in [-0.15, -0.1) is 0 Å². The van der Waals surface area contributed by atoms with Crippen LogP contribution in [0, 0.1) is 0 Å². The van der Waals surface area contributed by atoms with Gasteiger partial charge in [0.1, 0.15) is 5.82 Å². The third-order valence-corrected chi connectivity index (χ3v) is 4.81. The summed E-state index contributed by atoms with van der Waals surface area (Å²) in [6.07, 6.45) is 1.92. The van der Waals surface area contributed by atoms with Crippen LogP contribution in [0.25, 0.3) is 0 Å². The Kier molecular flexibility index (Phi) is 7.30. The maximum atomic E-state index is 12.7. The van der Waals surface area contributed by atoms with Crippen molar-refractivity contribution in [3.8, 4) is 11.5 Å². The zero-order chi connectivity index (χ0) is 22.4. The van der Waals surface area contributed by atoms with Crippen molar-refractivity contribution in [3.05, 3.63) is 42.1 Å². The van der Waals surface area contributed by atoms with E-state index < -0.39 is 0 Å². The average molecular weight is 428 g/mol. The van der Waals surface area contributed by atoms with E-state index in [2.05, 4.69) is 20.5 Å². The fourth-order valence-corrected chi connectivity index (χ4v) is 3.36. The van der Waals surface area contributed by atoms with Gasteiger partial charge < -0.3 is 29.7 Å². The van der Waals surface area contributed by atoms with Crippen LogP contribution in [0.3, 0.4) is 0 Å². The van der Waals surface area contributed by atoms with Gasteiger partial charge in [0, 0.05) is 25.7 Å². The number of hydrogen-bond donors (Lipinski definition) is 2. The molecule has 2 heterocycles. The Morgan fingerprint density at radius 2 is 1.90 bits per heavy atom. The van der Waals surface area contributed by atoms with Crippen molar-refractivity contribution in [2.24, 2.45) is 0 Å². The summed E-state index contributed by atoms with van der Waals surface area (Å²) < 4.78 is 16.5. The molecule has 3 rings (SSSR count). The van der Waals surface area contributed by atoms with Crippen LogP contribution in [0.5, 0.6) is 11.5 Å². The molecule has 2 atom stereocenters. The summed E-state index contributed by atoms with van der Waals surface area (Å²) >= 11 is 0. The molecule has 9 heteroatoms. The van der Waals surface area contributed by atoms with Crippen molar-refractivity contribution in [2.45, 2.75) is 26.1 Å². The number of nitrogens with zero attached hydrogens (tertiary/aromatic N) is 2. The molecule has 2 aromatic rings. The maximum Gasteiger partial charge on any atom is 0.257 e. The van der Waals surface area contributed by atoms with E-state index in [9.17, 15) is 9.59 Å². The lowest BCUT2D eigenvalue weighted by Crippen LogP contribution is -2.45. The number of carbonyl (C=O) groups excluding carboxylic acids is 2. The van der Waals surface area contributed by atoms with Crippen molar-refractivity contribution in [2.75, 3.05) is 44.1 Å². The number of likely N-dealkylation sites (N-methyl/N-ethyl adjacent to an activating group) is 1. The minimum atomic E-state index is -0.306. The van der Waals surface area contributed by atoms with Crippen LogP contribution in [0.2, 0.25) is 0 Å². The summed E-state index contributed by atoms with van der Waals surface area (Å²) in [6, 6.07) is 8.47. The van der Waals surface area contributed by atoms with Crippen molar-refractivity contribution < 1.29 is 23.8 Å². The Morgan fingerprint density at radius 3 is 2.52 bits per heavy atom. The van der Waals surface area contributed by atoms with Crippen LogP contribution in [-0.2, 0) is 9.53 Å². The van der Waals surface area contributed by atoms with Gasteiger partial charge in [-0.2, -0.15) is 0 Å². The number of amides is 2. The smallest absolute Gasteiger partial charge is 0.257 e. The predicted molar refractivity (Wildman–Crippen MR) is 117 cm³/mol. The highest BCUT2D eigenvalue weighted by atomic mass is 16.5. The van der Waals surface area contributed by atoms with Crippen LogP contribution >= 0.6 is 0 Å². The lowest BCUT2D eigenvalue weighted by atomic mass is 10.2. The van der Waals surface area contributed by atoms with E-state index in [0.717, 1.165) is 18.9 Å². The van der Waals surface area contributed by atoms with E-state index in [-0.39, 0.29) is 30.6 Å². The minimum absolute atomic E-state index is 0.142. The molecule has 0 spiro atoms. The number of aromatic nitrogens is 1. The van der Waals surface area contributed by atoms with Crippen molar-refractivity contribution in [3.63, 3.8) is 0 Å². The highest BCUT2D eigenvalue weighted by molar-refractivity contribution is 6.04. The molecule has 1 saturated heterocycles. The van der Waals surface area contributed by atoms with Crippen molar-refractivity contribution in [1.29, 1.82) is 0 Å². The van der Waals surface area contributed by atoms with E-state index in [0.29, 0.717) is 22.7 Å². The Labute approximate surface area is 181 Å². The molecule has 1 aliphatic rings. The molecule has 0 aliphatic carbocycles. The lowest BCUT2D eigenvalue weighted by Gasteiger charge is -2.36. The summed E-state index contributed by atoms with van der Waals surface area (Å²) in [5.74, 6) is 1.02. The summed E-state index contributed by atoms with van der Waals surface area (Å²) in [4.78, 5) is 30.7. The van der Waals surface area contributed by atoms with Crippen LogP contribution in [0.4, 0.5) is 11.5 Å². The molecule has 1 aromatic carbocycles. The highest BCUT2D eigenvalue weighted by Gasteiger charge is 2.23. The molecule has 31 heavy (non-hydrogen) atoms. The van der Waals surface area contributed by atoms with E-state index in [4.69, 9.17) is 14.2 Å². The quantitative estimate of drug-likeness (QED) is 0.696. The normalized spacial score (nSPS) is 18.3. The highest BCUT2D eigenvalue weighted by Crippen LogP contribution is 2.28. The number of hydrogen-bond acceptors (Lipinski definition) is 7. The molecule has 0 saturated carbocycles. The van der Waals surface area contributed by atoms with Gasteiger partial charge >= 0.3 is 0 Å². The summed E-state index contributed by atoms with van der Waals surface area (Å²) in [5.41, 5.74) is 0.978. The molecule has 2 amide bonds. The number of methoxy groups -OCH3 is 1. The number of benzene rings is 1. The first-order chi connectivity index (χ1) is 14.9. The van der Waals surface area contributed by atoms with Crippen LogP contribution in [0.1, 0.15) is 24.2 Å². The predicted octanol–water partition coefficient (Wildman–Crippen LogP) is 2.08. The van der Waals surface area contributed by atoms with Gasteiger partial charge in [0.05, 0.1) is 31.2 Å². The zero-order valence-electron chi connectivity index (χ0n) is 18.2. The first kappa shape index (κ1) is 22.4. The molecule has 1 fully saturated rings. The van der Waals surface area contributed by atoms with Gasteiger partial charge in [-0.1, -0.05) is 0 Å². The number of rotatable bonds is 7. The van der Waals surface area contributed by atoms with Gasteiger partial charge in [-0.25, -0.2) is 4.98 Å². The first-order valence-electron chi connectivity index (χ1n) is 10.1. The maximum absolute atomic E-state index is 12.7. The number of anilines is 2. The van der Waals surface area contributed by atoms with Crippen LogP contribution in [-0.4, -0.2) is 62.9 Å². The standard InChI is InChI=1S/C22H28N4O5/c1-14-11-26(12-15(2)31-14)20-8-6-17(10-24-20)25-22(28)16-5-7-18(19(9-16)29-4)30-13-21(27)23-3/h5-10,14-15H,11-13H2,1-4H3,(H,23,27)(H,25,28). The summed E-state index contributed by atoms with van der Waals surface area (Å²) in [7, 11) is 3.00. The topological polar surface area (TPSA) is 102 Å². The van der Waals surface area contributed by atoms with Gasteiger partial charge in [0.2, 0.25) is 0 Å². The molecule has 9 nitrogen and oxygen atoms in total. The molecular weight excluding hydrogens is 400 g/mol. The third kappa shape index (κ3) is 5.85. The Balaban J connectivity index is 1.65. The Morgan fingerprint density at radius 1 is 1.16 bits per heavy atom. The van der Waals surface area contributed by atoms with Crippen molar-refractivity contribution in [1.82, 2.24) is 10.3 Å². The first-order valence-corrected chi connectivity index (χ1v) is 10.1. The fourth-order valence-electron chi connectivity index (χ4n) is 3.36. The second-order valence-corrected chi connectivity index (χ2v) is 7.35. The number of ether oxygens (including phenoxy) is 3. The van der Waals surface area contributed by atoms with Gasteiger partial charge in [0.25, 0.3) is 11.8 Å². The zero-order valence-corrected chi connectivity index (χ0v) is 18.2. The van der Waals surface area contributed by atoms with E-state index >= 15 is 0 Å². The molecule has 0 bridgehead atoms. The summed E-state index contributed by atoms with van der Waals surface area (Å²) in [6.45, 7) is 5.49. The number of pyridine rings is 1. The minimum Gasteiger partial charge on any atom is -0.493 e. The number of nitrogens with one attached hydrogen (secondary N) is 2. The molecule has 0 radical (unpaired) electrons. The molecule has 2 N–H and O–H groups in total.